The van der Waals surface area contributed by atoms with Crippen LogP contribution in [0.25, 0.3) is 52.0 Å². The number of fused-ring (bicyclic) bond motifs is 9. The maximum Gasteiger partial charge on any atom is 0.212 e. The second-order valence-corrected chi connectivity index (χ2v) is 15.4. The van der Waals surface area contributed by atoms with Crippen molar-refractivity contribution in [3.05, 3.63) is 93.1 Å². The maximum atomic E-state index is 14.3. The molecule has 17 heteroatoms. The van der Waals surface area contributed by atoms with E-state index in [1.165, 1.54) is 34.0 Å². The lowest BCUT2D eigenvalue weighted by molar-refractivity contribution is 0.106. The molecular formula is C38H12F4N8O2S3. The van der Waals surface area contributed by atoms with Crippen molar-refractivity contribution in [2.45, 2.75) is 0 Å². The molecule has 0 N–H and O–H groups in total. The van der Waals surface area contributed by atoms with Gasteiger partial charge in [-0.3, -0.25) is 9.59 Å². The predicted octanol–water partition coefficient (Wildman–Crippen LogP) is 9.26. The van der Waals surface area contributed by atoms with Crippen LogP contribution < -0.4 is 0 Å². The molecule has 0 bridgehead atoms. The fourth-order valence-electron chi connectivity index (χ4n) is 7.09. The van der Waals surface area contributed by atoms with Gasteiger partial charge < -0.3 is 9.13 Å². The number of ketones is 2. The van der Waals surface area contributed by atoms with Gasteiger partial charge in [-0.25, -0.2) is 27.5 Å². The van der Waals surface area contributed by atoms with Crippen LogP contribution in [0.1, 0.15) is 31.8 Å². The summed E-state index contributed by atoms with van der Waals surface area (Å²) in [5.74, 6) is -6.50. The molecule has 2 aromatic carbocycles. The Morgan fingerprint density at radius 1 is 0.545 bits per heavy atom. The van der Waals surface area contributed by atoms with Crippen molar-refractivity contribution in [3.63, 3.8) is 0 Å². The highest BCUT2D eigenvalue weighted by Gasteiger charge is 2.37. The van der Waals surface area contributed by atoms with Crippen LogP contribution in [0.4, 0.5) is 27.6 Å². The standard InChI is InChI=1S/C38H12F4N8O2S3/c1-49-23-7-25(47-29-27(13(9-43)10-44)15-3-19(39)21(41)5-17(15)33(29)51)53-35(23)37-31(49)32-38(55-37)36-24(50(32)2)8-26(54-36)48-30-28(14(11-45)12-46)16-4-20(40)22(42)6-18(16)34(30)52/h3-8H,1-2H3. The van der Waals surface area contributed by atoms with Crippen LogP contribution in [-0.4, -0.2) is 32.1 Å². The molecule has 55 heavy (non-hydrogen) atoms. The van der Waals surface area contributed by atoms with Crippen LogP contribution >= 0.6 is 34.0 Å². The number of thiophene rings is 3. The molecule has 0 spiro atoms. The number of aliphatic imine (C=N–C) groups is 2. The van der Waals surface area contributed by atoms with E-state index in [-0.39, 0.29) is 44.8 Å². The van der Waals surface area contributed by atoms with E-state index in [0.717, 1.165) is 65.1 Å². The van der Waals surface area contributed by atoms with Crippen LogP contribution in [0.5, 0.6) is 0 Å². The number of benzene rings is 2. The molecule has 0 saturated heterocycles. The van der Waals surface area contributed by atoms with Crippen molar-refractivity contribution in [1.82, 2.24) is 9.13 Å². The summed E-state index contributed by atoms with van der Waals surface area (Å²) in [6.45, 7) is 0. The average molecular weight is 785 g/mol. The summed E-state index contributed by atoms with van der Waals surface area (Å²) in [6.07, 6.45) is 0. The molecule has 9 rings (SSSR count). The van der Waals surface area contributed by atoms with Gasteiger partial charge in [-0.15, -0.1) is 34.0 Å². The first-order valence-electron chi connectivity index (χ1n) is 15.7. The lowest BCUT2D eigenvalue weighted by Gasteiger charge is -2.02. The van der Waals surface area contributed by atoms with Crippen molar-refractivity contribution < 1.29 is 27.2 Å². The molecule has 10 nitrogen and oxygen atoms in total. The van der Waals surface area contributed by atoms with E-state index >= 15 is 0 Å². The molecular weight excluding hydrogens is 773 g/mol. The molecule has 262 valence electrons. The molecule has 5 heterocycles. The minimum Gasteiger partial charge on any atom is -0.340 e. The number of allylic oxidation sites excluding steroid dienone is 4. The van der Waals surface area contributed by atoms with Crippen LogP contribution in [0.15, 0.2) is 57.5 Å². The second kappa shape index (κ2) is 11.7. The number of aryl methyl sites for hydroxylation is 2. The molecule has 2 aliphatic carbocycles. The largest absolute Gasteiger partial charge is 0.340 e. The van der Waals surface area contributed by atoms with Gasteiger partial charge in [0.25, 0.3) is 0 Å². The third-order valence-corrected chi connectivity index (χ3v) is 13.0. The van der Waals surface area contributed by atoms with Gasteiger partial charge in [0.15, 0.2) is 23.3 Å². The van der Waals surface area contributed by atoms with Crippen molar-refractivity contribution in [1.29, 1.82) is 21.0 Å². The Bertz CT molecular complexity index is 3120. The minimum absolute atomic E-state index is 0.0920. The Morgan fingerprint density at radius 2 is 0.891 bits per heavy atom. The molecule has 2 aliphatic rings. The molecule has 0 amide bonds. The number of halogens is 4. The van der Waals surface area contributed by atoms with Gasteiger partial charge in [0.2, 0.25) is 11.6 Å². The van der Waals surface area contributed by atoms with Gasteiger partial charge in [0.1, 0.15) is 56.8 Å². The van der Waals surface area contributed by atoms with E-state index in [1.807, 2.05) is 23.2 Å². The number of nitriles is 4. The number of hydrogen-bond acceptors (Lipinski definition) is 11. The third-order valence-electron chi connectivity index (χ3n) is 9.51. The molecule has 5 aromatic heterocycles. The monoisotopic (exact) mass is 784 g/mol. The highest BCUT2D eigenvalue weighted by atomic mass is 32.1. The van der Waals surface area contributed by atoms with Crippen molar-refractivity contribution in [2.75, 3.05) is 0 Å². The van der Waals surface area contributed by atoms with Gasteiger partial charge in [-0.2, -0.15) is 21.0 Å². The van der Waals surface area contributed by atoms with Gasteiger partial charge in [0.05, 0.1) is 40.9 Å². The maximum absolute atomic E-state index is 14.3. The van der Waals surface area contributed by atoms with Crippen molar-refractivity contribution in [2.24, 2.45) is 24.1 Å². The number of nitrogens with zero attached hydrogens (tertiary/aromatic N) is 8. The van der Waals surface area contributed by atoms with E-state index in [4.69, 9.17) is 0 Å². The van der Waals surface area contributed by atoms with Gasteiger partial charge in [-0.05, 0) is 36.4 Å². The number of carbonyl (C=O) groups excluding carboxylic acids is 2. The first-order valence-corrected chi connectivity index (χ1v) is 18.1. The van der Waals surface area contributed by atoms with Crippen LogP contribution in [-0.2, 0) is 14.1 Å². The van der Waals surface area contributed by atoms with E-state index in [2.05, 4.69) is 9.98 Å². The zero-order valence-electron chi connectivity index (χ0n) is 27.6. The fourth-order valence-corrected chi connectivity index (χ4v) is 10.9. The van der Waals surface area contributed by atoms with Crippen LogP contribution in [0.2, 0.25) is 0 Å². The summed E-state index contributed by atoms with van der Waals surface area (Å²) < 4.78 is 64.1. The zero-order valence-corrected chi connectivity index (χ0v) is 30.0. The molecule has 7 aromatic rings. The lowest BCUT2D eigenvalue weighted by Crippen LogP contribution is -2.07. The summed E-state index contributed by atoms with van der Waals surface area (Å²) in [6, 6.07) is 13.4. The number of Topliss-reactive ketones (excluding diaryl/α,β-unsaturated/α-hetero) is 2. The summed E-state index contributed by atoms with van der Waals surface area (Å²) in [5, 5.41) is 39.3. The first-order chi connectivity index (χ1) is 26.4. The Hall–Kier alpha value is -7.02. The third kappa shape index (κ3) is 4.52. The minimum atomic E-state index is -1.25. The molecule has 0 saturated carbocycles. The highest BCUT2D eigenvalue weighted by molar-refractivity contribution is 7.35. The van der Waals surface area contributed by atoms with E-state index in [0.29, 0.717) is 10.0 Å². The van der Waals surface area contributed by atoms with Crippen molar-refractivity contribution >= 4 is 119 Å². The Kier molecular flexibility index (Phi) is 7.21. The normalized spacial score (nSPS) is 15.1. The number of rotatable bonds is 2. The smallest absolute Gasteiger partial charge is 0.212 e. The van der Waals surface area contributed by atoms with E-state index in [1.54, 1.807) is 36.4 Å². The lowest BCUT2D eigenvalue weighted by atomic mass is 10.0. The SMILES string of the molecule is Cn1c2cc(N=C3C(=O)c4cc(F)c(F)cc4C3=C(C#N)C#N)sc2c2sc3c4sc(N=C5C(=O)c6cc(F)c(F)cc6C5=C(C#N)C#N)cc4n(C)c3c21. The van der Waals surface area contributed by atoms with E-state index in [9.17, 15) is 48.2 Å². The Morgan fingerprint density at radius 3 is 1.24 bits per heavy atom. The highest BCUT2D eigenvalue weighted by Crippen LogP contribution is 2.51. The zero-order chi connectivity index (χ0) is 38.8. The fraction of sp³-hybridized carbons (Fsp3) is 0.0526. The molecule has 0 atom stereocenters. The number of carbonyl (C=O) groups is 2. The second-order valence-electron chi connectivity index (χ2n) is 12.3. The van der Waals surface area contributed by atoms with Crippen LogP contribution in [0.3, 0.4) is 0 Å². The molecule has 0 aliphatic heterocycles. The van der Waals surface area contributed by atoms with Gasteiger partial charge >= 0.3 is 0 Å². The van der Waals surface area contributed by atoms with Gasteiger partial charge in [-0.1, -0.05) is 0 Å². The van der Waals surface area contributed by atoms with Crippen LogP contribution in [0, 0.1) is 68.6 Å². The molecule has 0 fully saturated rings. The summed E-state index contributed by atoms with van der Waals surface area (Å²) >= 11 is 3.97. The average Bonchev–Trinajstić information content (AvgIpc) is 4.02. The number of hydrogen-bond donors (Lipinski definition) is 0. The van der Waals surface area contributed by atoms with Crippen molar-refractivity contribution in [3.8, 4) is 24.3 Å². The summed E-state index contributed by atoms with van der Waals surface area (Å²) in [7, 11) is 3.72. The molecule has 0 radical (unpaired) electrons. The summed E-state index contributed by atoms with van der Waals surface area (Å²) in [4.78, 5) is 35.9. The quantitative estimate of drug-likeness (QED) is 0.125. The number of aromatic nitrogens is 2. The first kappa shape index (κ1) is 33.8. The van der Waals surface area contributed by atoms with Gasteiger partial charge in [0, 0.05) is 47.5 Å². The Balaban J connectivity index is 1.18. The Labute approximate surface area is 316 Å². The molecule has 0 unspecified atom stereocenters. The topological polar surface area (TPSA) is 164 Å². The predicted molar refractivity (Wildman–Crippen MR) is 200 cm³/mol. The van der Waals surface area contributed by atoms with E-state index < -0.39 is 46.0 Å². The summed E-state index contributed by atoms with van der Waals surface area (Å²) in [5.41, 5.74) is 0.899.